The van der Waals surface area contributed by atoms with Crippen LogP contribution in [-0.4, -0.2) is 0 Å². The quantitative estimate of drug-likeness (QED) is 0.427. The molecule has 0 aliphatic rings. The molecule has 0 spiro atoms. The predicted octanol–water partition coefficient (Wildman–Crippen LogP) is 4.55. The van der Waals surface area contributed by atoms with Crippen molar-refractivity contribution in [2.75, 3.05) is 0 Å². The van der Waals surface area contributed by atoms with Crippen LogP contribution >= 0.6 is 0 Å². The molecule has 19 heavy (non-hydrogen) atoms. The Bertz CT molecular complexity index is 526. The lowest BCUT2D eigenvalue weighted by Gasteiger charge is -2.16. The highest BCUT2D eigenvalue weighted by Crippen LogP contribution is 2.42. The number of halogens is 10. The van der Waals surface area contributed by atoms with Crippen molar-refractivity contribution in [3.63, 3.8) is 0 Å². The molecule has 0 radical (unpaired) electrons. The van der Waals surface area contributed by atoms with Crippen LogP contribution in [0.2, 0.25) is 0 Å². The van der Waals surface area contributed by atoms with Crippen LogP contribution in [0.15, 0.2) is 11.9 Å². The van der Waals surface area contributed by atoms with E-state index in [-0.39, 0.29) is 0 Å². The van der Waals surface area contributed by atoms with Crippen molar-refractivity contribution in [3.8, 4) is 0 Å². The van der Waals surface area contributed by atoms with Crippen LogP contribution in [0.3, 0.4) is 0 Å². The highest BCUT2D eigenvalue weighted by molar-refractivity contribution is 5.32. The number of allylic oxidation sites excluding steroid dienone is 1. The van der Waals surface area contributed by atoms with E-state index >= 15 is 0 Å². The van der Waals surface area contributed by atoms with Gasteiger partial charge in [-0.1, -0.05) is 0 Å². The van der Waals surface area contributed by atoms with Crippen LogP contribution in [-0.2, 0) is 5.92 Å². The van der Waals surface area contributed by atoms with E-state index in [2.05, 4.69) is 0 Å². The molecular weight excluding hydrogens is 298 g/mol. The van der Waals surface area contributed by atoms with Gasteiger partial charge in [0.25, 0.3) is 0 Å². The largest absolute Gasteiger partial charge is 0.335 e. The first kappa shape index (κ1) is 15.3. The van der Waals surface area contributed by atoms with Gasteiger partial charge in [0.2, 0.25) is 11.6 Å². The van der Waals surface area contributed by atoms with Gasteiger partial charge in [0, 0.05) is 0 Å². The smallest absolute Gasteiger partial charge is 0.203 e. The number of hydrogen-bond donors (Lipinski definition) is 0. The molecule has 0 saturated heterocycles. The zero-order valence-corrected chi connectivity index (χ0v) is 8.28. The van der Waals surface area contributed by atoms with E-state index in [1.165, 1.54) is 0 Å². The SMILES string of the molecule is FC(F)=C(F)C(F)(F)c1c(F)c(F)c(F)c(F)c1F. The van der Waals surface area contributed by atoms with Gasteiger partial charge in [0.15, 0.2) is 23.3 Å². The minimum atomic E-state index is -5.71. The lowest BCUT2D eigenvalue weighted by Crippen LogP contribution is -2.22. The Kier molecular flexibility index (Phi) is 3.82. The molecule has 0 N–H and O–H groups in total. The summed E-state index contributed by atoms with van der Waals surface area (Å²) >= 11 is 0. The predicted molar refractivity (Wildman–Crippen MR) is 40.5 cm³/mol. The van der Waals surface area contributed by atoms with Crippen molar-refractivity contribution in [2.45, 2.75) is 5.92 Å². The van der Waals surface area contributed by atoms with Gasteiger partial charge >= 0.3 is 12.0 Å². The number of rotatable bonds is 2. The molecule has 0 amide bonds. The Morgan fingerprint density at radius 2 is 0.947 bits per heavy atom. The summed E-state index contributed by atoms with van der Waals surface area (Å²) in [7, 11) is 0. The Morgan fingerprint density at radius 3 is 1.26 bits per heavy atom. The van der Waals surface area contributed by atoms with Crippen molar-refractivity contribution in [1.29, 1.82) is 0 Å². The summed E-state index contributed by atoms with van der Waals surface area (Å²) in [4.78, 5) is 0. The molecule has 0 heterocycles. The van der Waals surface area contributed by atoms with Crippen molar-refractivity contribution in [2.24, 2.45) is 0 Å². The van der Waals surface area contributed by atoms with Crippen molar-refractivity contribution < 1.29 is 43.9 Å². The second-order valence-corrected chi connectivity index (χ2v) is 3.09. The van der Waals surface area contributed by atoms with Crippen LogP contribution in [0, 0.1) is 29.1 Å². The summed E-state index contributed by atoms with van der Waals surface area (Å²) in [6.07, 6.45) is -3.66. The fourth-order valence-electron chi connectivity index (χ4n) is 1.11. The topological polar surface area (TPSA) is 0 Å². The van der Waals surface area contributed by atoms with E-state index in [9.17, 15) is 43.9 Å². The van der Waals surface area contributed by atoms with E-state index in [1.54, 1.807) is 0 Å². The molecule has 0 fully saturated rings. The number of alkyl halides is 2. The molecule has 0 nitrogen and oxygen atoms in total. The van der Waals surface area contributed by atoms with Crippen molar-refractivity contribution in [3.05, 3.63) is 46.6 Å². The lowest BCUT2D eigenvalue weighted by molar-refractivity contribution is -0.00261. The van der Waals surface area contributed by atoms with Crippen LogP contribution < -0.4 is 0 Å². The minimum absolute atomic E-state index is 2.78. The molecule has 10 heteroatoms. The molecule has 1 rings (SSSR count). The van der Waals surface area contributed by atoms with Gasteiger partial charge in [-0.2, -0.15) is 22.0 Å². The highest BCUT2D eigenvalue weighted by atomic mass is 19.3. The van der Waals surface area contributed by atoms with Crippen molar-refractivity contribution >= 4 is 0 Å². The van der Waals surface area contributed by atoms with Gasteiger partial charge in [-0.05, 0) is 0 Å². The third-order valence-corrected chi connectivity index (χ3v) is 1.97. The summed E-state index contributed by atoms with van der Waals surface area (Å²) in [6.45, 7) is 0. The van der Waals surface area contributed by atoms with Crippen LogP contribution in [0.5, 0.6) is 0 Å². The molecule has 0 aliphatic carbocycles. The third-order valence-electron chi connectivity index (χ3n) is 1.97. The normalized spacial score (nSPS) is 11.7. The molecular formula is C9F10. The van der Waals surface area contributed by atoms with Gasteiger partial charge in [-0.3, -0.25) is 0 Å². The first-order chi connectivity index (χ1) is 8.53. The molecule has 1 aromatic carbocycles. The Hall–Kier alpha value is -1.74. The Balaban J connectivity index is 3.75. The first-order valence-electron chi connectivity index (χ1n) is 4.14. The first-order valence-corrected chi connectivity index (χ1v) is 4.14. The molecule has 1 aromatic rings. The average molecular weight is 298 g/mol. The summed E-state index contributed by atoms with van der Waals surface area (Å²) in [5, 5.41) is 0. The summed E-state index contributed by atoms with van der Waals surface area (Å²) in [5.74, 6) is -23.9. The minimum Gasteiger partial charge on any atom is -0.203 e. The average Bonchev–Trinajstić information content (AvgIpc) is 2.32. The second-order valence-electron chi connectivity index (χ2n) is 3.09. The molecule has 0 bridgehead atoms. The maximum atomic E-state index is 13.0. The fourth-order valence-corrected chi connectivity index (χ4v) is 1.11. The summed E-state index contributed by atoms with van der Waals surface area (Å²) < 4.78 is 125. The molecule has 0 unspecified atom stereocenters. The second kappa shape index (κ2) is 4.74. The van der Waals surface area contributed by atoms with Gasteiger partial charge in [0.1, 0.15) is 5.56 Å². The maximum absolute atomic E-state index is 13.0. The third kappa shape index (κ3) is 2.26. The van der Waals surface area contributed by atoms with Crippen molar-refractivity contribution in [1.82, 2.24) is 0 Å². The van der Waals surface area contributed by atoms with Crippen LogP contribution in [0.4, 0.5) is 43.9 Å². The fraction of sp³-hybridized carbons (Fsp3) is 0.111. The van der Waals surface area contributed by atoms with E-state index in [4.69, 9.17) is 0 Å². The van der Waals surface area contributed by atoms with Gasteiger partial charge in [-0.15, -0.1) is 0 Å². The summed E-state index contributed by atoms with van der Waals surface area (Å²) in [5.41, 5.74) is -2.99. The van der Waals surface area contributed by atoms with E-state index in [1.807, 2.05) is 0 Å². The highest BCUT2D eigenvalue weighted by Gasteiger charge is 2.48. The molecule has 0 aliphatic heterocycles. The van der Waals surface area contributed by atoms with Gasteiger partial charge in [0.05, 0.1) is 0 Å². The van der Waals surface area contributed by atoms with Gasteiger partial charge in [-0.25, -0.2) is 22.0 Å². The van der Waals surface area contributed by atoms with Gasteiger partial charge < -0.3 is 0 Å². The van der Waals surface area contributed by atoms with E-state index in [0.717, 1.165) is 0 Å². The number of benzene rings is 1. The Morgan fingerprint density at radius 1 is 0.632 bits per heavy atom. The lowest BCUT2D eigenvalue weighted by atomic mass is 10.0. The monoisotopic (exact) mass is 298 g/mol. The maximum Gasteiger partial charge on any atom is 0.335 e. The molecule has 106 valence electrons. The molecule has 0 saturated carbocycles. The zero-order valence-electron chi connectivity index (χ0n) is 8.28. The Labute approximate surface area is 97.5 Å². The number of hydrogen-bond acceptors (Lipinski definition) is 0. The summed E-state index contributed by atoms with van der Waals surface area (Å²) in [6, 6.07) is 0. The van der Waals surface area contributed by atoms with Crippen LogP contribution in [0.1, 0.15) is 5.56 Å². The molecule has 0 atom stereocenters. The molecule has 0 aromatic heterocycles. The van der Waals surface area contributed by atoms with E-state index in [0.29, 0.717) is 0 Å². The van der Waals surface area contributed by atoms with E-state index < -0.39 is 52.5 Å². The van der Waals surface area contributed by atoms with Crippen LogP contribution in [0.25, 0.3) is 0 Å². The zero-order chi connectivity index (χ0) is 15.1. The standard InChI is InChI=1S/C9F10/c10-2-1(9(18,19)7(15)8(16)17)3(11)5(13)6(14)4(2)12.